The number of allylic oxidation sites excluding steroid dienone is 1. The number of nitriles is 1. The lowest BCUT2D eigenvalue weighted by Crippen LogP contribution is -2.34. The van der Waals surface area contributed by atoms with Gasteiger partial charge in [-0.15, -0.1) is 0 Å². The second kappa shape index (κ2) is 9.93. The van der Waals surface area contributed by atoms with Gasteiger partial charge in [0.15, 0.2) is 11.5 Å². The number of alkyl halides is 2. The van der Waals surface area contributed by atoms with E-state index in [4.69, 9.17) is 14.9 Å². The van der Waals surface area contributed by atoms with Crippen molar-refractivity contribution in [3.63, 3.8) is 0 Å². The molecule has 192 valence electrons. The summed E-state index contributed by atoms with van der Waals surface area (Å²) in [4.78, 5) is 12.1. The molecule has 1 saturated carbocycles. The van der Waals surface area contributed by atoms with Crippen LogP contribution in [0.1, 0.15) is 36.8 Å². The topological polar surface area (TPSA) is 144 Å². The molecule has 37 heavy (non-hydrogen) atoms. The summed E-state index contributed by atoms with van der Waals surface area (Å²) in [5.41, 5.74) is 2.68. The number of halogens is 2. The zero-order chi connectivity index (χ0) is 26.0. The fourth-order valence-corrected chi connectivity index (χ4v) is 4.73. The predicted molar refractivity (Wildman–Crippen MR) is 136 cm³/mol. The molecule has 1 aliphatic heterocycles. The highest BCUT2D eigenvalue weighted by atomic mass is 19.3. The number of nitrogens with zero attached hydrogens (tertiary/aromatic N) is 3. The normalized spacial score (nSPS) is 18.6. The van der Waals surface area contributed by atoms with Crippen LogP contribution in [0.3, 0.4) is 0 Å². The number of H-pyrrole nitrogens is 1. The number of fused-ring (bicyclic) bond motifs is 2. The van der Waals surface area contributed by atoms with Crippen LogP contribution >= 0.6 is 0 Å². The second-order valence-electron chi connectivity index (χ2n) is 8.87. The van der Waals surface area contributed by atoms with E-state index in [0.717, 1.165) is 5.56 Å². The van der Waals surface area contributed by atoms with Crippen LogP contribution < -0.4 is 25.4 Å². The summed E-state index contributed by atoms with van der Waals surface area (Å²) in [6, 6.07) is 5.23. The fourth-order valence-electron chi connectivity index (χ4n) is 4.73. The maximum atomic E-state index is 14.1. The molecule has 2 aromatic heterocycles. The molecule has 12 heteroatoms. The van der Waals surface area contributed by atoms with Gasteiger partial charge in [0.1, 0.15) is 30.7 Å². The van der Waals surface area contributed by atoms with Crippen LogP contribution in [0.2, 0.25) is 0 Å². The molecule has 3 heterocycles. The van der Waals surface area contributed by atoms with Crippen LogP contribution in [0.5, 0.6) is 11.5 Å². The molecule has 1 aliphatic carbocycles. The Balaban J connectivity index is 1.53. The Labute approximate surface area is 211 Å². The van der Waals surface area contributed by atoms with E-state index >= 15 is 0 Å². The molecule has 2 aliphatic rings. The average molecular weight is 509 g/mol. The maximum Gasteiger partial charge on any atom is 0.250 e. The molecule has 5 rings (SSSR count). The molecule has 10 nitrogen and oxygen atoms in total. The fraction of sp³-hybridized carbons (Fsp3) is 0.360. The van der Waals surface area contributed by atoms with E-state index in [2.05, 4.69) is 37.0 Å². The van der Waals surface area contributed by atoms with E-state index in [9.17, 15) is 14.0 Å². The first-order chi connectivity index (χ1) is 17.9. The molecular formula is C25H26F2N8O2. The number of anilines is 3. The van der Waals surface area contributed by atoms with Crippen molar-refractivity contribution in [3.05, 3.63) is 35.5 Å². The van der Waals surface area contributed by atoms with Gasteiger partial charge in [-0.25, -0.2) is 8.78 Å². The van der Waals surface area contributed by atoms with Gasteiger partial charge in [-0.3, -0.25) is 0 Å². The van der Waals surface area contributed by atoms with Crippen molar-refractivity contribution < 1.29 is 18.3 Å². The Hall–Kier alpha value is -4.40. The molecule has 1 unspecified atom stereocenters. The van der Waals surface area contributed by atoms with Gasteiger partial charge in [-0.1, -0.05) is 0 Å². The Kier molecular flexibility index (Phi) is 6.52. The lowest BCUT2D eigenvalue weighted by atomic mass is 9.92. The number of ether oxygens (including phenoxy) is 2. The summed E-state index contributed by atoms with van der Waals surface area (Å²) in [6.07, 6.45) is 4.87. The third-order valence-electron chi connectivity index (χ3n) is 6.38. The van der Waals surface area contributed by atoms with Crippen molar-refractivity contribution in [2.24, 2.45) is 0 Å². The summed E-state index contributed by atoms with van der Waals surface area (Å²) in [7, 11) is 1.75. The molecule has 0 amide bonds. The first-order valence-electron chi connectivity index (χ1n) is 11.9. The lowest BCUT2D eigenvalue weighted by Gasteiger charge is -2.30. The SMILES string of the molecule is CN/C(=C\C=N)c1ccc(Nc2nc(NC3CCCC(F)(F)C3)c3c(C#N)c[nH]c3n2)c2c1OCCO2. The summed E-state index contributed by atoms with van der Waals surface area (Å²) >= 11 is 0. The molecule has 0 spiro atoms. The first kappa shape index (κ1) is 24.3. The Morgan fingerprint density at radius 2 is 2.08 bits per heavy atom. The monoisotopic (exact) mass is 508 g/mol. The molecule has 1 aromatic carbocycles. The van der Waals surface area contributed by atoms with Crippen molar-refractivity contribution in [2.45, 2.75) is 37.6 Å². The number of hydrogen-bond donors (Lipinski definition) is 5. The summed E-state index contributed by atoms with van der Waals surface area (Å²) in [6.45, 7) is 0.714. The van der Waals surface area contributed by atoms with E-state index in [1.165, 1.54) is 12.4 Å². The van der Waals surface area contributed by atoms with Crippen molar-refractivity contribution in [1.82, 2.24) is 20.3 Å². The van der Waals surface area contributed by atoms with E-state index in [-0.39, 0.29) is 18.8 Å². The number of aromatic amines is 1. The van der Waals surface area contributed by atoms with Gasteiger partial charge in [0, 0.05) is 49.6 Å². The quantitative estimate of drug-likeness (QED) is 0.293. The highest BCUT2D eigenvalue weighted by Gasteiger charge is 2.36. The Bertz CT molecular complexity index is 1410. The van der Waals surface area contributed by atoms with Crippen LogP contribution in [-0.4, -0.2) is 53.4 Å². The molecule has 5 N–H and O–H groups in total. The van der Waals surface area contributed by atoms with Gasteiger partial charge < -0.3 is 35.8 Å². The molecule has 1 atom stereocenters. The Morgan fingerprint density at radius 3 is 2.81 bits per heavy atom. The molecule has 0 bridgehead atoms. The van der Waals surface area contributed by atoms with E-state index < -0.39 is 12.0 Å². The van der Waals surface area contributed by atoms with E-state index in [1.807, 2.05) is 6.07 Å². The maximum absolute atomic E-state index is 14.1. The van der Waals surface area contributed by atoms with Crippen molar-refractivity contribution >= 4 is 40.4 Å². The smallest absolute Gasteiger partial charge is 0.250 e. The van der Waals surface area contributed by atoms with Gasteiger partial charge >= 0.3 is 0 Å². The number of hydrogen-bond acceptors (Lipinski definition) is 9. The van der Waals surface area contributed by atoms with Crippen molar-refractivity contribution in [1.29, 1.82) is 10.7 Å². The van der Waals surface area contributed by atoms with Gasteiger partial charge in [0.05, 0.1) is 16.6 Å². The minimum atomic E-state index is -2.74. The zero-order valence-electron chi connectivity index (χ0n) is 20.1. The Morgan fingerprint density at radius 1 is 1.27 bits per heavy atom. The number of rotatable bonds is 7. The van der Waals surface area contributed by atoms with Gasteiger partial charge in [-0.2, -0.15) is 15.2 Å². The molecule has 1 fully saturated rings. The standard InChI is InChI=1S/C25H26F2N8O2/c1-30-17(6-8-28)16-4-5-18(21-20(16)36-9-10-37-21)33-24-34-22-19(14(12-29)13-31-22)23(35-24)32-15-3-2-7-25(26,27)11-15/h4-6,8,13,15,28,30H,2-3,7,9-11H2,1H3,(H3,31,32,33,34,35)/b17-6-,28-8?. The third kappa shape index (κ3) is 4.84. The molecule has 3 aromatic rings. The molecular weight excluding hydrogens is 482 g/mol. The van der Waals surface area contributed by atoms with Crippen molar-refractivity contribution in [3.8, 4) is 17.6 Å². The van der Waals surface area contributed by atoms with E-state index in [1.54, 1.807) is 19.2 Å². The van der Waals surface area contributed by atoms with Crippen LogP contribution in [0.15, 0.2) is 24.4 Å². The van der Waals surface area contributed by atoms with Crippen LogP contribution in [-0.2, 0) is 0 Å². The van der Waals surface area contributed by atoms with Crippen LogP contribution in [0.4, 0.5) is 26.2 Å². The number of aromatic nitrogens is 3. The zero-order valence-corrected chi connectivity index (χ0v) is 20.1. The second-order valence-corrected chi connectivity index (χ2v) is 8.87. The lowest BCUT2D eigenvalue weighted by molar-refractivity contribution is -0.0373. The minimum absolute atomic E-state index is 0.127. The average Bonchev–Trinajstić information content (AvgIpc) is 3.30. The predicted octanol–water partition coefficient (Wildman–Crippen LogP) is 4.54. The van der Waals surface area contributed by atoms with Crippen molar-refractivity contribution in [2.75, 3.05) is 30.9 Å². The summed E-state index contributed by atoms with van der Waals surface area (Å²) < 4.78 is 39.9. The highest BCUT2D eigenvalue weighted by molar-refractivity contribution is 5.94. The first-order valence-corrected chi connectivity index (χ1v) is 11.9. The molecule has 0 radical (unpaired) electrons. The summed E-state index contributed by atoms with van der Waals surface area (Å²) in [5, 5.41) is 26.8. The third-order valence-corrected chi connectivity index (χ3v) is 6.38. The largest absolute Gasteiger partial charge is 0.485 e. The molecule has 0 saturated heterocycles. The highest BCUT2D eigenvalue weighted by Crippen LogP contribution is 2.44. The van der Waals surface area contributed by atoms with Gasteiger partial charge in [0.25, 0.3) is 0 Å². The van der Waals surface area contributed by atoms with Crippen LogP contribution in [0.25, 0.3) is 16.7 Å². The summed E-state index contributed by atoms with van der Waals surface area (Å²) in [5.74, 6) is -1.27. The number of benzene rings is 1. The minimum Gasteiger partial charge on any atom is -0.485 e. The van der Waals surface area contributed by atoms with Gasteiger partial charge in [-0.05, 0) is 31.1 Å². The van der Waals surface area contributed by atoms with E-state index in [0.29, 0.717) is 71.4 Å². The number of nitrogens with one attached hydrogen (secondary N) is 5. The van der Waals surface area contributed by atoms with Gasteiger partial charge in [0.2, 0.25) is 11.9 Å². The van der Waals surface area contributed by atoms with Crippen LogP contribution in [0, 0.1) is 16.7 Å².